The van der Waals surface area contributed by atoms with Gasteiger partial charge in [0.1, 0.15) is 0 Å². The Labute approximate surface area is 84.7 Å². The van der Waals surface area contributed by atoms with Crippen molar-refractivity contribution in [1.29, 1.82) is 0 Å². The number of anilines is 1. The van der Waals surface area contributed by atoms with Gasteiger partial charge in [0.2, 0.25) is 0 Å². The second kappa shape index (κ2) is 2.99. The summed E-state index contributed by atoms with van der Waals surface area (Å²) in [5, 5.41) is 7.05. The fourth-order valence-corrected chi connectivity index (χ4v) is 2.79. The van der Waals surface area contributed by atoms with E-state index < -0.39 is 0 Å². The molecule has 0 spiro atoms. The molecule has 0 aliphatic carbocycles. The summed E-state index contributed by atoms with van der Waals surface area (Å²) in [7, 11) is 0. The Morgan fingerprint density at radius 3 is 3.07 bits per heavy atom. The first-order valence-electron chi connectivity index (χ1n) is 5.40. The minimum absolute atomic E-state index is 0.742. The average Bonchev–Trinajstić information content (AvgIpc) is 2.66. The molecule has 1 fully saturated rings. The van der Waals surface area contributed by atoms with Crippen molar-refractivity contribution in [3.05, 3.63) is 29.3 Å². The molecular weight excluding hydrogens is 172 g/mol. The first-order chi connectivity index (χ1) is 6.86. The van der Waals surface area contributed by atoms with Crippen molar-refractivity contribution in [2.24, 2.45) is 5.92 Å². The Bertz CT molecular complexity index is 359. The highest BCUT2D eigenvalue weighted by molar-refractivity contribution is 5.61. The molecule has 2 nitrogen and oxygen atoms in total. The summed E-state index contributed by atoms with van der Waals surface area (Å²) in [6, 6.07) is 6.64. The second-order valence-electron chi connectivity index (χ2n) is 4.44. The Hall–Kier alpha value is -1.02. The van der Waals surface area contributed by atoms with Crippen LogP contribution in [0.1, 0.15) is 17.0 Å². The minimum Gasteiger partial charge on any atom is -0.384 e. The lowest BCUT2D eigenvalue weighted by Gasteiger charge is -2.29. The third-order valence-electron chi connectivity index (χ3n) is 3.59. The summed E-state index contributed by atoms with van der Waals surface area (Å²) < 4.78 is 0. The molecule has 0 bridgehead atoms. The van der Waals surface area contributed by atoms with E-state index in [9.17, 15) is 0 Å². The standard InChI is InChI=1S/C12H16N2/c1-8-3-2-4-10-11-7-13-5-9(11)6-14-12(8)10/h2-4,9,11,13-14H,5-7H2,1H3. The number of aryl methyl sites for hydroxylation is 1. The topological polar surface area (TPSA) is 24.1 Å². The van der Waals surface area contributed by atoms with Gasteiger partial charge in [0.25, 0.3) is 0 Å². The quantitative estimate of drug-likeness (QED) is 0.648. The van der Waals surface area contributed by atoms with Gasteiger partial charge in [-0.2, -0.15) is 0 Å². The fourth-order valence-electron chi connectivity index (χ4n) is 2.79. The molecule has 1 aromatic rings. The molecule has 0 aromatic heterocycles. The predicted molar refractivity (Wildman–Crippen MR) is 58.8 cm³/mol. The number of hydrogen-bond acceptors (Lipinski definition) is 2. The Morgan fingerprint density at radius 2 is 2.14 bits per heavy atom. The third kappa shape index (κ3) is 1.07. The highest BCUT2D eigenvalue weighted by Crippen LogP contribution is 2.38. The molecule has 0 amide bonds. The minimum atomic E-state index is 0.742. The van der Waals surface area contributed by atoms with Crippen molar-refractivity contribution in [1.82, 2.24) is 5.32 Å². The van der Waals surface area contributed by atoms with Crippen LogP contribution in [0.15, 0.2) is 18.2 Å². The largest absolute Gasteiger partial charge is 0.384 e. The molecule has 2 atom stereocenters. The molecule has 1 saturated heterocycles. The lowest BCUT2D eigenvalue weighted by Crippen LogP contribution is -2.27. The zero-order chi connectivity index (χ0) is 9.54. The Balaban J connectivity index is 2.09. The van der Waals surface area contributed by atoms with Crippen molar-refractivity contribution < 1.29 is 0 Å². The zero-order valence-corrected chi connectivity index (χ0v) is 8.51. The van der Waals surface area contributed by atoms with Crippen LogP contribution in [-0.2, 0) is 0 Å². The number of rotatable bonds is 0. The van der Waals surface area contributed by atoms with Crippen molar-refractivity contribution >= 4 is 5.69 Å². The van der Waals surface area contributed by atoms with E-state index in [1.54, 1.807) is 0 Å². The number of para-hydroxylation sites is 1. The summed E-state index contributed by atoms with van der Waals surface area (Å²) >= 11 is 0. The summed E-state index contributed by atoms with van der Waals surface area (Å²) in [6.07, 6.45) is 0. The Morgan fingerprint density at radius 1 is 1.21 bits per heavy atom. The van der Waals surface area contributed by atoms with Crippen LogP contribution in [0.4, 0.5) is 5.69 Å². The summed E-state index contributed by atoms with van der Waals surface area (Å²) in [5.41, 5.74) is 4.29. The molecule has 2 heterocycles. The molecule has 3 rings (SSSR count). The molecule has 2 aliphatic rings. The van der Waals surface area contributed by atoms with Gasteiger partial charge in [0, 0.05) is 31.2 Å². The van der Waals surface area contributed by atoms with Crippen LogP contribution in [0.3, 0.4) is 0 Å². The van der Waals surface area contributed by atoms with Crippen LogP contribution in [0.2, 0.25) is 0 Å². The maximum absolute atomic E-state index is 3.56. The van der Waals surface area contributed by atoms with E-state index in [0.29, 0.717) is 0 Å². The van der Waals surface area contributed by atoms with Crippen LogP contribution in [0.25, 0.3) is 0 Å². The maximum Gasteiger partial charge on any atom is 0.0406 e. The molecule has 0 saturated carbocycles. The van der Waals surface area contributed by atoms with Crippen LogP contribution >= 0.6 is 0 Å². The highest BCUT2D eigenvalue weighted by Gasteiger charge is 2.33. The number of hydrogen-bond donors (Lipinski definition) is 2. The van der Waals surface area contributed by atoms with Gasteiger partial charge >= 0.3 is 0 Å². The predicted octanol–water partition coefficient (Wildman–Crippen LogP) is 1.72. The van der Waals surface area contributed by atoms with E-state index in [0.717, 1.165) is 24.9 Å². The van der Waals surface area contributed by atoms with Gasteiger partial charge in [0.05, 0.1) is 0 Å². The molecule has 2 aliphatic heterocycles. The van der Waals surface area contributed by atoms with E-state index in [-0.39, 0.29) is 0 Å². The van der Waals surface area contributed by atoms with E-state index in [1.165, 1.54) is 23.4 Å². The number of benzene rings is 1. The van der Waals surface area contributed by atoms with Gasteiger partial charge in [0.15, 0.2) is 0 Å². The van der Waals surface area contributed by atoms with Gasteiger partial charge in [-0.1, -0.05) is 18.2 Å². The Kier molecular flexibility index (Phi) is 1.77. The van der Waals surface area contributed by atoms with Crippen LogP contribution in [0, 0.1) is 12.8 Å². The van der Waals surface area contributed by atoms with E-state index in [4.69, 9.17) is 0 Å². The van der Waals surface area contributed by atoms with Gasteiger partial charge in [-0.15, -0.1) is 0 Å². The van der Waals surface area contributed by atoms with E-state index in [2.05, 4.69) is 35.8 Å². The van der Waals surface area contributed by atoms with Crippen LogP contribution in [0.5, 0.6) is 0 Å². The van der Waals surface area contributed by atoms with Crippen molar-refractivity contribution in [2.45, 2.75) is 12.8 Å². The molecule has 2 unspecified atom stereocenters. The zero-order valence-electron chi connectivity index (χ0n) is 8.51. The molecule has 2 N–H and O–H groups in total. The van der Waals surface area contributed by atoms with Gasteiger partial charge in [-0.3, -0.25) is 0 Å². The van der Waals surface area contributed by atoms with E-state index in [1.807, 2.05) is 0 Å². The molecule has 2 heteroatoms. The van der Waals surface area contributed by atoms with Crippen molar-refractivity contribution in [3.63, 3.8) is 0 Å². The normalized spacial score (nSPS) is 29.2. The summed E-state index contributed by atoms with van der Waals surface area (Å²) in [6.45, 7) is 5.65. The van der Waals surface area contributed by atoms with Crippen molar-refractivity contribution in [2.75, 3.05) is 25.0 Å². The highest BCUT2D eigenvalue weighted by atomic mass is 15.0. The van der Waals surface area contributed by atoms with Crippen LogP contribution < -0.4 is 10.6 Å². The SMILES string of the molecule is Cc1cccc2c1NCC1CNCC21. The van der Waals surface area contributed by atoms with E-state index >= 15 is 0 Å². The molecule has 74 valence electrons. The molecular formula is C12H16N2. The first kappa shape index (κ1) is 8.30. The third-order valence-corrected chi connectivity index (χ3v) is 3.59. The first-order valence-corrected chi connectivity index (χ1v) is 5.40. The monoisotopic (exact) mass is 188 g/mol. The maximum atomic E-state index is 3.56. The van der Waals surface area contributed by atoms with Gasteiger partial charge in [-0.25, -0.2) is 0 Å². The number of nitrogens with one attached hydrogen (secondary N) is 2. The van der Waals surface area contributed by atoms with Gasteiger partial charge < -0.3 is 10.6 Å². The number of fused-ring (bicyclic) bond motifs is 3. The van der Waals surface area contributed by atoms with Crippen LogP contribution in [-0.4, -0.2) is 19.6 Å². The summed E-state index contributed by atoms with van der Waals surface area (Å²) in [4.78, 5) is 0. The molecule has 14 heavy (non-hydrogen) atoms. The lowest BCUT2D eigenvalue weighted by molar-refractivity contribution is 0.529. The van der Waals surface area contributed by atoms with Gasteiger partial charge in [-0.05, 0) is 24.0 Å². The molecule has 0 radical (unpaired) electrons. The van der Waals surface area contributed by atoms with Crippen molar-refractivity contribution in [3.8, 4) is 0 Å². The summed E-state index contributed by atoms with van der Waals surface area (Å²) in [5.74, 6) is 1.54. The molecule has 1 aromatic carbocycles. The lowest BCUT2D eigenvalue weighted by atomic mass is 9.84. The second-order valence-corrected chi connectivity index (χ2v) is 4.44. The smallest absolute Gasteiger partial charge is 0.0406 e. The fraction of sp³-hybridized carbons (Fsp3) is 0.500. The average molecular weight is 188 g/mol.